The first-order chi connectivity index (χ1) is 13.0. The van der Waals surface area contributed by atoms with Gasteiger partial charge in [-0.15, -0.1) is 0 Å². The molecule has 150 valence electrons. The highest BCUT2D eigenvalue weighted by Gasteiger charge is 2.33. The fourth-order valence-corrected chi connectivity index (χ4v) is 3.01. The second kappa shape index (κ2) is 7.92. The third-order valence-corrected chi connectivity index (χ3v) is 4.30. The monoisotopic (exact) mass is 395 g/mol. The average molecular weight is 395 g/mol. The number of ketones is 1. The van der Waals surface area contributed by atoms with Crippen molar-refractivity contribution >= 4 is 17.4 Å². The van der Waals surface area contributed by atoms with Gasteiger partial charge in [0.2, 0.25) is 0 Å². The number of benzene rings is 2. The highest BCUT2D eigenvalue weighted by atomic mass is 19.4. The minimum absolute atomic E-state index is 0.131. The molecule has 0 aromatic heterocycles. The summed E-state index contributed by atoms with van der Waals surface area (Å²) in [5, 5.41) is 10.1. The van der Waals surface area contributed by atoms with Crippen LogP contribution in [0.5, 0.6) is 5.75 Å². The van der Waals surface area contributed by atoms with E-state index in [9.17, 15) is 27.9 Å². The van der Waals surface area contributed by atoms with Crippen molar-refractivity contribution in [3.05, 3.63) is 58.7 Å². The quantitative estimate of drug-likeness (QED) is 0.776. The first-order valence-electron chi connectivity index (χ1n) is 8.27. The van der Waals surface area contributed by atoms with Crippen LogP contribution < -0.4 is 4.90 Å². The molecule has 5 nitrogen and oxygen atoms in total. The van der Waals surface area contributed by atoms with Crippen LogP contribution in [0.15, 0.2) is 36.4 Å². The first-order valence-corrected chi connectivity index (χ1v) is 8.27. The summed E-state index contributed by atoms with van der Waals surface area (Å²) in [6, 6.07) is 7.05. The predicted octanol–water partition coefficient (Wildman–Crippen LogP) is 3.98. The van der Waals surface area contributed by atoms with E-state index in [1.165, 1.54) is 31.2 Å². The number of anilines is 1. The molecule has 0 aliphatic rings. The van der Waals surface area contributed by atoms with Gasteiger partial charge in [0.25, 0.3) is 0 Å². The molecular formula is C20H20F3NO4. The summed E-state index contributed by atoms with van der Waals surface area (Å²) < 4.78 is 44.0. The van der Waals surface area contributed by atoms with Crippen molar-refractivity contribution in [1.82, 2.24) is 0 Å². The fourth-order valence-electron chi connectivity index (χ4n) is 3.01. The lowest BCUT2D eigenvalue weighted by Crippen LogP contribution is -2.19. The number of methoxy groups -OCH3 is 1. The Hall–Kier alpha value is -3.03. The third kappa shape index (κ3) is 4.27. The van der Waals surface area contributed by atoms with Gasteiger partial charge in [-0.2, -0.15) is 13.2 Å². The molecule has 8 heteroatoms. The Bertz CT molecular complexity index is 907. The molecule has 2 aromatic carbocycles. The predicted molar refractivity (Wildman–Crippen MR) is 97.7 cm³/mol. The molecule has 0 amide bonds. The molecule has 0 radical (unpaired) electrons. The summed E-state index contributed by atoms with van der Waals surface area (Å²) in [5.41, 5.74) is -0.249. The number of phenols is 1. The smallest absolute Gasteiger partial charge is 0.416 e. The maximum atomic E-state index is 13.1. The molecule has 0 aliphatic heterocycles. The van der Waals surface area contributed by atoms with Crippen molar-refractivity contribution in [3.8, 4) is 5.75 Å². The van der Waals surface area contributed by atoms with E-state index in [0.29, 0.717) is 5.69 Å². The van der Waals surface area contributed by atoms with Crippen LogP contribution in [0.4, 0.5) is 18.9 Å². The Morgan fingerprint density at radius 1 is 1.14 bits per heavy atom. The number of hydrogen-bond donors (Lipinski definition) is 1. The van der Waals surface area contributed by atoms with Crippen molar-refractivity contribution in [3.63, 3.8) is 0 Å². The summed E-state index contributed by atoms with van der Waals surface area (Å²) >= 11 is 0. The van der Waals surface area contributed by atoms with Gasteiger partial charge in [0, 0.05) is 25.8 Å². The number of phenolic OH excluding ortho intramolecular Hbond substituents is 1. The zero-order chi connectivity index (χ0) is 21.2. The van der Waals surface area contributed by atoms with Crippen molar-refractivity contribution in [2.45, 2.75) is 19.0 Å². The molecule has 1 N–H and O–H groups in total. The number of ether oxygens (including phenoxy) is 1. The molecule has 1 unspecified atom stereocenters. The summed E-state index contributed by atoms with van der Waals surface area (Å²) in [6.45, 7) is 1.26. The number of carbonyl (C=O) groups is 2. The Balaban J connectivity index is 2.76. The van der Waals surface area contributed by atoms with Crippen LogP contribution >= 0.6 is 0 Å². The van der Waals surface area contributed by atoms with Gasteiger partial charge in [-0.05, 0) is 30.2 Å². The van der Waals surface area contributed by atoms with Crippen LogP contribution in [-0.2, 0) is 15.7 Å². The Kier molecular flexibility index (Phi) is 6.01. The molecule has 1 atom stereocenters. The summed E-state index contributed by atoms with van der Waals surface area (Å²) in [5.74, 6) is -2.66. The van der Waals surface area contributed by atoms with E-state index in [4.69, 9.17) is 0 Å². The highest BCUT2D eigenvalue weighted by molar-refractivity contribution is 5.96. The second-order valence-electron chi connectivity index (χ2n) is 6.48. The minimum atomic E-state index is -4.56. The zero-order valence-corrected chi connectivity index (χ0v) is 15.8. The number of rotatable bonds is 5. The van der Waals surface area contributed by atoms with E-state index >= 15 is 0 Å². The van der Waals surface area contributed by atoms with E-state index in [1.807, 2.05) is 0 Å². The standard InChI is InChI=1S/C20H20F3NO4/c1-11(25)18(12-6-5-7-13(8-12)20(21,22)23)14-9-15(19(27)28-4)17(26)10-16(14)24(2)3/h5-10,18,26H,1-4H3. The van der Waals surface area contributed by atoms with Crippen LogP contribution in [0.2, 0.25) is 0 Å². The minimum Gasteiger partial charge on any atom is -0.507 e. The van der Waals surface area contributed by atoms with E-state index in [1.54, 1.807) is 19.0 Å². The van der Waals surface area contributed by atoms with Crippen LogP contribution in [-0.4, -0.2) is 38.1 Å². The molecule has 28 heavy (non-hydrogen) atoms. The van der Waals surface area contributed by atoms with E-state index in [-0.39, 0.29) is 22.4 Å². The number of halogens is 3. The first kappa shape index (κ1) is 21.3. The third-order valence-electron chi connectivity index (χ3n) is 4.30. The van der Waals surface area contributed by atoms with Gasteiger partial charge < -0.3 is 14.7 Å². The lowest BCUT2D eigenvalue weighted by Gasteiger charge is -2.24. The highest BCUT2D eigenvalue weighted by Crippen LogP contribution is 2.39. The average Bonchev–Trinajstić information content (AvgIpc) is 2.61. The van der Waals surface area contributed by atoms with Crippen molar-refractivity contribution in [1.29, 1.82) is 0 Å². The van der Waals surface area contributed by atoms with Gasteiger partial charge in [0.15, 0.2) is 0 Å². The van der Waals surface area contributed by atoms with Crippen molar-refractivity contribution in [2.75, 3.05) is 26.1 Å². The second-order valence-corrected chi connectivity index (χ2v) is 6.48. The summed E-state index contributed by atoms with van der Waals surface area (Å²) in [4.78, 5) is 26.0. The maximum Gasteiger partial charge on any atom is 0.416 e. The number of Topliss-reactive ketones (excluding diaryl/α,β-unsaturated/α-hetero) is 1. The number of carbonyl (C=O) groups excluding carboxylic acids is 2. The maximum absolute atomic E-state index is 13.1. The van der Waals surface area contributed by atoms with Crippen molar-refractivity contribution in [2.24, 2.45) is 0 Å². The Morgan fingerprint density at radius 3 is 2.29 bits per heavy atom. The lowest BCUT2D eigenvalue weighted by molar-refractivity contribution is -0.137. The zero-order valence-electron chi connectivity index (χ0n) is 15.8. The Labute approximate surface area is 160 Å². The molecule has 2 aromatic rings. The van der Waals surface area contributed by atoms with Crippen LogP contribution in [0.3, 0.4) is 0 Å². The molecule has 0 saturated carbocycles. The normalized spacial score (nSPS) is 12.4. The molecule has 0 heterocycles. The number of alkyl halides is 3. The number of aromatic hydroxyl groups is 1. The van der Waals surface area contributed by atoms with Crippen molar-refractivity contribution < 1.29 is 32.6 Å². The molecule has 0 aliphatic carbocycles. The number of hydrogen-bond acceptors (Lipinski definition) is 5. The fraction of sp³-hybridized carbons (Fsp3) is 0.300. The van der Waals surface area contributed by atoms with E-state index in [2.05, 4.69) is 4.74 Å². The molecule has 0 bridgehead atoms. The van der Waals surface area contributed by atoms with Gasteiger partial charge in [0.1, 0.15) is 17.1 Å². The van der Waals surface area contributed by atoms with Gasteiger partial charge in [-0.1, -0.05) is 18.2 Å². The molecule has 0 saturated heterocycles. The van der Waals surface area contributed by atoms with Crippen LogP contribution in [0, 0.1) is 0 Å². The summed E-state index contributed by atoms with van der Waals surface area (Å²) in [6.07, 6.45) is -4.56. The Morgan fingerprint density at radius 2 is 1.79 bits per heavy atom. The van der Waals surface area contributed by atoms with Gasteiger partial charge in [-0.3, -0.25) is 4.79 Å². The van der Waals surface area contributed by atoms with E-state index in [0.717, 1.165) is 19.2 Å². The SMILES string of the molecule is COC(=O)c1cc(C(C(C)=O)c2cccc(C(F)(F)F)c2)c(N(C)C)cc1O. The lowest BCUT2D eigenvalue weighted by atomic mass is 9.85. The molecule has 0 spiro atoms. The number of nitrogens with zero attached hydrogens (tertiary/aromatic N) is 1. The largest absolute Gasteiger partial charge is 0.507 e. The van der Waals surface area contributed by atoms with Crippen LogP contribution in [0.1, 0.15) is 39.9 Å². The van der Waals surface area contributed by atoms with Crippen LogP contribution in [0.25, 0.3) is 0 Å². The number of esters is 1. The molecule has 2 rings (SSSR count). The van der Waals surface area contributed by atoms with E-state index < -0.39 is 29.4 Å². The summed E-state index contributed by atoms with van der Waals surface area (Å²) in [7, 11) is 4.44. The van der Waals surface area contributed by atoms with Gasteiger partial charge >= 0.3 is 12.1 Å². The van der Waals surface area contributed by atoms with Gasteiger partial charge in [0.05, 0.1) is 18.6 Å². The van der Waals surface area contributed by atoms with Gasteiger partial charge in [-0.25, -0.2) is 4.79 Å². The topological polar surface area (TPSA) is 66.8 Å². The molecule has 0 fully saturated rings. The molecular weight excluding hydrogens is 375 g/mol.